The highest BCUT2D eigenvalue weighted by molar-refractivity contribution is 8.00. The number of hydrogen-bond acceptors (Lipinski definition) is 5. The Kier molecular flexibility index (Phi) is 1.01. The van der Waals surface area contributed by atoms with Crippen molar-refractivity contribution in [2.75, 3.05) is 0 Å². The lowest BCUT2D eigenvalue weighted by Gasteiger charge is -1.84. The molecule has 0 aromatic rings. The summed E-state index contributed by atoms with van der Waals surface area (Å²) in [6.07, 6.45) is 3.34. The summed E-state index contributed by atoms with van der Waals surface area (Å²) in [4.78, 5) is 11.9. The highest BCUT2D eigenvalue weighted by Gasteiger charge is 2.45. The maximum atomic E-state index is 4.63. The van der Waals surface area contributed by atoms with Gasteiger partial charge in [-0.05, 0) is 23.4 Å². The van der Waals surface area contributed by atoms with Gasteiger partial charge in [0.2, 0.25) is 0 Å². The molecule has 1 spiro atoms. The number of hydrogen-bond donors (Lipinski definition) is 1. The molecule has 0 aliphatic carbocycles. The van der Waals surface area contributed by atoms with Crippen LogP contribution in [-0.2, 0) is 9.78 Å². The van der Waals surface area contributed by atoms with Crippen molar-refractivity contribution in [3.63, 3.8) is 0 Å². The van der Waals surface area contributed by atoms with Crippen LogP contribution in [0.15, 0.2) is 16.6 Å². The van der Waals surface area contributed by atoms with Crippen LogP contribution in [0.2, 0.25) is 0 Å². The molecule has 1 fully saturated rings. The van der Waals surface area contributed by atoms with Crippen LogP contribution in [0.25, 0.3) is 0 Å². The fourth-order valence-electron chi connectivity index (χ4n) is 0.496. The van der Waals surface area contributed by atoms with Gasteiger partial charge >= 0.3 is 0 Å². The summed E-state index contributed by atoms with van der Waals surface area (Å²) in [5.74, 6) is -0.642. The van der Waals surface area contributed by atoms with Crippen molar-refractivity contribution in [1.29, 1.82) is 0 Å². The van der Waals surface area contributed by atoms with Crippen LogP contribution in [0.5, 0.6) is 0 Å². The predicted octanol–water partition coefficient (Wildman–Crippen LogP) is 0.395. The second-order valence-electron chi connectivity index (χ2n) is 1.66. The van der Waals surface area contributed by atoms with Gasteiger partial charge in [-0.3, -0.25) is 0 Å². The molecule has 0 saturated carbocycles. The first-order chi connectivity index (χ1) is 4.41. The van der Waals surface area contributed by atoms with Crippen molar-refractivity contribution in [2.45, 2.75) is 5.79 Å². The molecule has 2 aliphatic rings. The number of nitrogens with one attached hydrogen (secondary N) is 1. The van der Waals surface area contributed by atoms with Gasteiger partial charge in [0.15, 0.2) is 0 Å². The Labute approximate surface area is 56.0 Å². The van der Waals surface area contributed by atoms with Gasteiger partial charge in [0, 0.05) is 0 Å². The van der Waals surface area contributed by atoms with E-state index in [1.807, 2.05) is 5.41 Å². The number of nitrogens with zero attached hydrogens (tertiary/aromatic N) is 1. The molecule has 9 heavy (non-hydrogen) atoms. The summed E-state index contributed by atoms with van der Waals surface area (Å²) < 4.78 is 0. The smallest absolute Gasteiger partial charge is 0.248 e. The van der Waals surface area contributed by atoms with Gasteiger partial charge in [0.05, 0.1) is 6.21 Å². The van der Waals surface area contributed by atoms with Crippen LogP contribution < -0.4 is 4.83 Å². The van der Waals surface area contributed by atoms with E-state index in [1.54, 1.807) is 12.3 Å². The summed E-state index contributed by atoms with van der Waals surface area (Å²) in [7, 11) is 0. The van der Waals surface area contributed by atoms with Crippen LogP contribution in [0.1, 0.15) is 0 Å². The highest BCUT2D eigenvalue weighted by atomic mass is 32.2. The average molecular weight is 144 g/mol. The standard InChI is InChI=1S/C4H4N2O2S/c1-2-9-6-5-3-4(1)7-8-4/h1-3,6H. The summed E-state index contributed by atoms with van der Waals surface area (Å²) in [5.41, 5.74) is 0. The molecule has 1 saturated heterocycles. The minimum atomic E-state index is -0.642. The average Bonchev–Trinajstić information content (AvgIpc) is 2.64. The predicted molar refractivity (Wildman–Crippen MR) is 33.3 cm³/mol. The molecule has 0 radical (unpaired) electrons. The third-order valence-corrected chi connectivity index (χ3v) is 1.48. The third kappa shape index (κ3) is 0.937. The van der Waals surface area contributed by atoms with Crippen LogP contribution in [-0.4, -0.2) is 12.0 Å². The monoisotopic (exact) mass is 144 g/mol. The van der Waals surface area contributed by atoms with Crippen molar-refractivity contribution < 1.29 is 9.78 Å². The highest BCUT2D eigenvalue weighted by Crippen LogP contribution is 2.30. The summed E-state index contributed by atoms with van der Waals surface area (Å²) in [6, 6.07) is 0. The third-order valence-electron chi connectivity index (χ3n) is 0.994. The molecule has 2 heterocycles. The van der Waals surface area contributed by atoms with E-state index in [0.717, 1.165) is 0 Å². The molecule has 48 valence electrons. The first kappa shape index (κ1) is 5.28. The molecule has 2 aliphatic heterocycles. The van der Waals surface area contributed by atoms with Gasteiger partial charge in [-0.2, -0.15) is 14.9 Å². The van der Waals surface area contributed by atoms with Crippen LogP contribution >= 0.6 is 11.9 Å². The fourth-order valence-corrected chi connectivity index (χ4v) is 0.928. The molecule has 4 nitrogen and oxygen atoms in total. The summed E-state index contributed by atoms with van der Waals surface area (Å²) >= 11 is 1.37. The maximum absolute atomic E-state index is 4.63. The first-order valence-electron chi connectivity index (χ1n) is 2.41. The molecule has 0 bridgehead atoms. The normalized spacial score (nSPS) is 27.6. The SMILES string of the molecule is C1=CC2(C=NNS1)OO2. The van der Waals surface area contributed by atoms with Gasteiger partial charge in [0.25, 0.3) is 5.79 Å². The maximum Gasteiger partial charge on any atom is 0.290 e. The zero-order chi connectivity index (χ0) is 6.16. The number of hydrazone groups is 1. The van der Waals surface area contributed by atoms with E-state index in [1.165, 1.54) is 11.9 Å². The lowest BCUT2D eigenvalue weighted by atomic mass is 10.3. The number of rotatable bonds is 0. The van der Waals surface area contributed by atoms with Crippen molar-refractivity contribution in [3.8, 4) is 0 Å². The second-order valence-corrected chi connectivity index (χ2v) is 2.35. The van der Waals surface area contributed by atoms with E-state index in [-0.39, 0.29) is 0 Å². The van der Waals surface area contributed by atoms with Crippen molar-refractivity contribution in [2.24, 2.45) is 5.10 Å². The van der Waals surface area contributed by atoms with Gasteiger partial charge < -0.3 is 0 Å². The topological polar surface area (TPSA) is 49.5 Å². The zero-order valence-corrected chi connectivity index (χ0v) is 5.22. The molecular formula is C4H4N2O2S. The van der Waals surface area contributed by atoms with Crippen LogP contribution in [0.4, 0.5) is 0 Å². The van der Waals surface area contributed by atoms with E-state index < -0.39 is 5.79 Å². The van der Waals surface area contributed by atoms with Crippen molar-refractivity contribution in [3.05, 3.63) is 11.5 Å². The summed E-state index contributed by atoms with van der Waals surface area (Å²) in [6.45, 7) is 0. The Balaban J connectivity index is 2.20. The molecule has 0 unspecified atom stereocenters. The molecule has 0 aromatic heterocycles. The zero-order valence-electron chi connectivity index (χ0n) is 4.40. The lowest BCUT2D eigenvalue weighted by Crippen LogP contribution is -2.06. The molecule has 1 N–H and O–H groups in total. The lowest BCUT2D eigenvalue weighted by molar-refractivity contribution is 0.0850. The molecule has 0 aromatic carbocycles. The van der Waals surface area contributed by atoms with Crippen molar-refractivity contribution in [1.82, 2.24) is 4.83 Å². The van der Waals surface area contributed by atoms with Crippen LogP contribution in [0, 0.1) is 0 Å². The molecule has 5 heteroatoms. The largest absolute Gasteiger partial charge is 0.290 e. The van der Waals surface area contributed by atoms with Crippen molar-refractivity contribution >= 4 is 18.2 Å². The molecule has 0 atom stereocenters. The van der Waals surface area contributed by atoms with Gasteiger partial charge in [-0.15, -0.1) is 0 Å². The van der Waals surface area contributed by atoms with Gasteiger partial charge in [0.1, 0.15) is 0 Å². The van der Waals surface area contributed by atoms with E-state index in [9.17, 15) is 0 Å². The Morgan fingerprint density at radius 3 is 3.22 bits per heavy atom. The second kappa shape index (κ2) is 1.73. The fraction of sp³-hybridized carbons (Fsp3) is 0.250. The molecule has 2 rings (SSSR count). The summed E-state index contributed by atoms with van der Waals surface area (Å²) in [5, 5.41) is 5.58. The van der Waals surface area contributed by atoms with Crippen LogP contribution in [0.3, 0.4) is 0 Å². The Morgan fingerprint density at radius 2 is 2.44 bits per heavy atom. The molecule has 0 amide bonds. The minimum Gasteiger partial charge on any atom is -0.248 e. The Morgan fingerprint density at radius 1 is 1.56 bits per heavy atom. The van der Waals surface area contributed by atoms with Gasteiger partial charge in [-0.25, -0.2) is 4.83 Å². The van der Waals surface area contributed by atoms with E-state index in [2.05, 4.69) is 19.7 Å². The van der Waals surface area contributed by atoms with E-state index in [0.29, 0.717) is 0 Å². The first-order valence-corrected chi connectivity index (χ1v) is 3.29. The quantitative estimate of drug-likeness (QED) is 0.303. The minimum absolute atomic E-state index is 0.642. The Hall–Kier alpha value is -0.520. The Bertz CT molecular complexity index is 159. The molecular weight excluding hydrogens is 140 g/mol. The van der Waals surface area contributed by atoms with E-state index >= 15 is 0 Å². The van der Waals surface area contributed by atoms with Gasteiger partial charge in [-0.1, -0.05) is 0 Å². The van der Waals surface area contributed by atoms with E-state index in [4.69, 9.17) is 0 Å².